The Morgan fingerprint density at radius 2 is 2.16 bits per heavy atom. The van der Waals surface area contributed by atoms with E-state index in [2.05, 4.69) is 37.0 Å². The van der Waals surface area contributed by atoms with Crippen molar-refractivity contribution in [1.29, 1.82) is 0 Å². The SMILES string of the molecule is CCc1nn(C)cc1C(CN)N1CCC(C)C(C)C1. The number of hydrogen-bond donors (Lipinski definition) is 1. The molecule has 2 rings (SSSR count). The van der Waals surface area contributed by atoms with Crippen LogP contribution in [0.1, 0.15) is 44.5 Å². The lowest BCUT2D eigenvalue weighted by molar-refractivity contribution is 0.0979. The summed E-state index contributed by atoms with van der Waals surface area (Å²) in [7, 11) is 2.00. The van der Waals surface area contributed by atoms with Gasteiger partial charge < -0.3 is 5.73 Å². The number of aromatic nitrogens is 2. The van der Waals surface area contributed by atoms with E-state index in [1.807, 2.05) is 11.7 Å². The van der Waals surface area contributed by atoms with Gasteiger partial charge in [0.15, 0.2) is 0 Å². The number of nitrogens with zero attached hydrogens (tertiary/aromatic N) is 3. The molecular formula is C15H28N4. The topological polar surface area (TPSA) is 47.1 Å². The Labute approximate surface area is 117 Å². The average Bonchev–Trinajstić information content (AvgIpc) is 2.76. The fraction of sp³-hybridized carbons (Fsp3) is 0.800. The van der Waals surface area contributed by atoms with Crippen LogP contribution in [0.5, 0.6) is 0 Å². The van der Waals surface area contributed by atoms with Crippen LogP contribution in [-0.4, -0.2) is 34.3 Å². The fourth-order valence-electron chi connectivity index (χ4n) is 3.16. The number of aryl methyl sites for hydroxylation is 2. The summed E-state index contributed by atoms with van der Waals surface area (Å²) in [5, 5.41) is 4.56. The molecule has 1 aromatic rings. The third-order valence-corrected chi connectivity index (χ3v) is 4.66. The molecule has 1 saturated heterocycles. The fourth-order valence-corrected chi connectivity index (χ4v) is 3.16. The van der Waals surface area contributed by atoms with Gasteiger partial charge in [0.25, 0.3) is 0 Å². The van der Waals surface area contributed by atoms with Crippen molar-refractivity contribution in [1.82, 2.24) is 14.7 Å². The van der Waals surface area contributed by atoms with Crippen LogP contribution in [0.15, 0.2) is 6.20 Å². The first-order valence-electron chi connectivity index (χ1n) is 7.53. The van der Waals surface area contributed by atoms with Crippen LogP contribution in [0.3, 0.4) is 0 Å². The Bertz CT molecular complexity index is 412. The van der Waals surface area contributed by atoms with E-state index in [1.165, 1.54) is 17.7 Å². The van der Waals surface area contributed by atoms with Crippen LogP contribution in [-0.2, 0) is 13.5 Å². The van der Waals surface area contributed by atoms with Crippen molar-refractivity contribution in [3.63, 3.8) is 0 Å². The molecule has 1 aromatic heterocycles. The Hall–Kier alpha value is -0.870. The molecule has 0 amide bonds. The van der Waals surface area contributed by atoms with E-state index in [0.717, 1.165) is 31.3 Å². The first-order chi connectivity index (χ1) is 9.06. The lowest BCUT2D eigenvalue weighted by Gasteiger charge is -2.39. The maximum absolute atomic E-state index is 6.07. The van der Waals surface area contributed by atoms with Crippen molar-refractivity contribution in [3.8, 4) is 0 Å². The highest BCUT2D eigenvalue weighted by molar-refractivity contribution is 5.22. The van der Waals surface area contributed by atoms with E-state index in [9.17, 15) is 0 Å². The third-order valence-electron chi connectivity index (χ3n) is 4.66. The van der Waals surface area contributed by atoms with Gasteiger partial charge >= 0.3 is 0 Å². The molecule has 1 fully saturated rings. The van der Waals surface area contributed by atoms with Gasteiger partial charge in [-0.2, -0.15) is 5.10 Å². The Balaban J connectivity index is 2.19. The van der Waals surface area contributed by atoms with Crippen LogP contribution in [0.2, 0.25) is 0 Å². The number of rotatable bonds is 4. The maximum atomic E-state index is 6.07. The Kier molecular flexibility index (Phi) is 4.63. The first kappa shape index (κ1) is 14.5. The summed E-state index contributed by atoms with van der Waals surface area (Å²) < 4.78 is 1.92. The Morgan fingerprint density at radius 1 is 1.42 bits per heavy atom. The molecule has 2 N–H and O–H groups in total. The van der Waals surface area contributed by atoms with Gasteiger partial charge in [-0.3, -0.25) is 9.58 Å². The molecule has 108 valence electrons. The normalized spacial score (nSPS) is 26.6. The molecule has 19 heavy (non-hydrogen) atoms. The highest BCUT2D eigenvalue weighted by Gasteiger charge is 2.29. The van der Waals surface area contributed by atoms with Crippen molar-refractivity contribution in [2.24, 2.45) is 24.6 Å². The van der Waals surface area contributed by atoms with Gasteiger partial charge in [-0.1, -0.05) is 20.8 Å². The molecule has 4 nitrogen and oxygen atoms in total. The largest absolute Gasteiger partial charge is 0.329 e. The minimum atomic E-state index is 0.332. The zero-order valence-corrected chi connectivity index (χ0v) is 12.8. The average molecular weight is 264 g/mol. The summed E-state index contributed by atoms with van der Waals surface area (Å²) in [6, 6.07) is 0.332. The van der Waals surface area contributed by atoms with E-state index in [-0.39, 0.29) is 0 Å². The van der Waals surface area contributed by atoms with Crippen LogP contribution < -0.4 is 5.73 Å². The van der Waals surface area contributed by atoms with E-state index in [1.54, 1.807) is 0 Å². The molecule has 4 heteroatoms. The van der Waals surface area contributed by atoms with Gasteiger partial charge in [0.2, 0.25) is 0 Å². The van der Waals surface area contributed by atoms with E-state index in [4.69, 9.17) is 5.73 Å². The van der Waals surface area contributed by atoms with Gasteiger partial charge in [0.05, 0.1) is 11.7 Å². The summed E-state index contributed by atoms with van der Waals surface area (Å²) in [4.78, 5) is 2.56. The third kappa shape index (κ3) is 3.00. The standard InChI is InChI=1S/C15H28N4/c1-5-14-13(10-18(4)17-14)15(8-16)19-7-6-11(2)12(3)9-19/h10-12,15H,5-9,16H2,1-4H3. The molecule has 0 saturated carbocycles. The number of likely N-dealkylation sites (tertiary alicyclic amines) is 1. The smallest absolute Gasteiger partial charge is 0.0670 e. The number of nitrogens with two attached hydrogens (primary N) is 1. The lowest BCUT2D eigenvalue weighted by Crippen LogP contribution is -2.43. The van der Waals surface area contributed by atoms with Crippen molar-refractivity contribution in [2.45, 2.75) is 39.7 Å². The number of hydrogen-bond acceptors (Lipinski definition) is 3. The molecular weight excluding hydrogens is 236 g/mol. The van der Waals surface area contributed by atoms with Crippen LogP contribution >= 0.6 is 0 Å². The minimum Gasteiger partial charge on any atom is -0.329 e. The van der Waals surface area contributed by atoms with Gasteiger partial charge in [-0.25, -0.2) is 0 Å². The molecule has 0 aromatic carbocycles. The van der Waals surface area contributed by atoms with Crippen LogP contribution in [0, 0.1) is 11.8 Å². The first-order valence-corrected chi connectivity index (χ1v) is 7.53. The van der Waals surface area contributed by atoms with Crippen molar-refractivity contribution >= 4 is 0 Å². The predicted molar refractivity (Wildman–Crippen MR) is 78.9 cm³/mol. The van der Waals surface area contributed by atoms with Gasteiger partial charge in [-0.15, -0.1) is 0 Å². The number of piperidine rings is 1. The lowest BCUT2D eigenvalue weighted by atomic mass is 9.87. The van der Waals surface area contributed by atoms with Crippen molar-refractivity contribution in [2.75, 3.05) is 19.6 Å². The van der Waals surface area contributed by atoms with E-state index in [0.29, 0.717) is 12.6 Å². The summed E-state index contributed by atoms with van der Waals surface area (Å²) in [5.41, 5.74) is 8.60. The molecule has 2 heterocycles. The summed E-state index contributed by atoms with van der Waals surface area (Å²) >= 11 is 0. The summed E-state index contributed by atoms with van der Waals surface area (Å²) in [6.07, 6.45) is 4.41. The Morgan fingerprint density at radius 3 is 2.74 bits per heavy atom. The zero-order valence-electron chi connectivity index (χ0n) is 12.8. The maximum Gasteiger partial charge on any atom is 0.0670 e. The monoisotopic (exact) mass is 264 g/mol. The second kappa shape index (κ2) is 6.06. The summed E-state index contributed by atoms with van der Waals surface area (Å²) in [5.74, 6) is 1.58. The van der Waals surface area contributed by atoms with Crippen LogP contribution in [0.4, 0.5) is 0 Å². The minimum absolute atomic E-state index is 0.332. The summed E-state index contributed by atoms with van der Waals surface area (Å²) in [6.45, 7) is 9.88. The zero-order chi connectivity index (χ0) is 14.0. The highest BCUT2D eigenvalue weighted by Crippen LogP contribution is 2.30. The predicted octanol–water partition coefficient (Wildman–Crippen LogP) is 1.96. The molecule has 0 bridgehead atoms. The van der Waals surface area contributed by atoms with E-state index < -0.39 is 0 Å². The highest BCUT2D eigenvalue weighted by atomic mass is 15.3. The van der Waals surface area contributed by atoms with Crippen LogP contribution in [0.25, 0.3) is 0 Å². The molecule has 3 atom stereocenters. The van der Waals surface area contributed by atoms with Crippen molar-refractivity contribution in [3.05, 3.63) is 17.5 Å². The molecule has 0 radical (unpaired) electrons. The molecule has 1 aliphatic rings. The molecule has 0 spiro atoms. The second-order valence-corrected chi connectivity index (χ2v) is 6.05. The molecule has 1 aliphatic heterocycles. The molecule has 0 aliphatic carbocycles. The van der Waals surface area contributed by atoms with E-state index >= 15 is 0 Å². The van der Waals surface area contributed by atoms with Gasteiger partial charge in [-0.05, 0) is 31.2 Å². The van der Waals surface area contributed by atoms with Gasteiger partial charge in [0.1, 0.15) is 0 Å². The molecule has 3 unspecified atom stereocenters. The quantitative estimate of drug-likeness (QED) is 0.904. The van der Waals surface area contributed by atoms with Gasteiger partial charge in [0, 0.05) is 31.9 Å². The second-order valence-electron chi connectivity index (χ2n) is 6.05. The van der Waals surface area contributed by atoms with Crippen molar-refractivity contribution < 1.29 is 0 Å².